The normalized spacial score (nSPS) is 9.74. The van der Waals surface area contributed by atoms with Gasteiger partial charge >= 0.3 is 29.6 Å². The van der Waals surface area contributed by atoms with E-state index in [2.05, 4.69) is 9.97 Å². The monoisotopic (exact) mass is 300 g/mol. The number of rotatable bonds is 4. The largest absolute Gasteiger partial charge is 1.00 e. The van der Waals surface area contributed by atoms with E-state index in [-0.39, 0.29) is 35.3 Å². The van der Waals surface area contributed by atoms with Crippen molar-refractivity contribution in [1.29, 1.82) is 0 Å². The van der Waals surface area contributed by atoms with Crippen molar-refractivity contribution in [2.24, 2.45) is 0 Å². The maximum absolute atomic E-state index is 11.1. The molecular formula is C12H9N2NaO2S2. The molecule has 1 aromatic carbocycles. The van der Waals surface area contributed by atoms with Crippen LogP contribution in [0.1, 0.15) is 10.5 Å². The van der Waals surface area contributed by atoms with E-state index >= 15 is 0 Å². The van der Waals surface area contributed by atoms with Crippen LogP contribution in [0.2, 0.25) is 0 Å². The zero-order chi connectivity index (χ0) is 13.0. The van der Waals surface area contributed by atoms with Crippen molar-refractivity contribution in [1.82, 2.24) is 9.97 Å². The van der Waals surface area contributed by atoms with E-state index in [4.69, 9.17) is 0 Å². The molecule has 0 saturated carbocycles. The van der Waals surface area contributed by atoms with Gasteiger partial charge in [0.15, 0.2) is 5.16 Å². The van der Waals surface area contributed by atoms with Crippen LogP contribution in [-0.2, 0) is 0 Å². The van der Waals surface area contributed by atoms with Crippen molar-refractivity contribution >= 4 is 29.5 Å². The average molecular weight is 300 g/mol. The summed E-state index contributed by atoms with van der Waals surface area (Å²) in [5.74, 6) is -1.29. The molecule has 0 unspecified atom stereocenters. The third kappa shape index (κ3) is 4.50. The summed E-state index contributed by atoms with van der Waals surface area (Å²) in [6.07, 6.45) is 3.31. The molecule has 0 fully saturated rings. The Hall–Kier alpha value is -0.530. The first-order valence-corrected chi connectivity index (χ1v) is 7.10. The molecule has 0 amide bonds. The van der Waals surface area contributed by atoms with Crippen molar-refractivity contribution in [2.75, 3.05) is 6.26 Å². The van der Waals surface area contributed by atoms with Gasteiger partial charge in [-0.25, -0.2) is 9.97 Å². The van der Waals surface area contributed by atoms with E-state index < -0.39 is 5.97 Å². The summed E-state index contributed by atoms with van der Waals surface area (Å²) in [6.45, 7) is 0. The van der Waals surface area contributed by atoms with Gasteiger partial charge in [0.2, 0.25) is 0 Å². The number of benzene rings is 1. The summed E-state index contributed by atoms with van der Waals surface area (Å²) < 4.78 is 0. The number of carbonyl (C=O) groups excluding carboxylic acids is 1. The smallest absolute Gasteiger partial charge is 0.543 e. The Labute approximate surface area is 141 Å². The Morgan fingerprint density at radius 2 is 1.95 bits per heavy atom. The van der Waals surface area contributed by atoms with Crippen molar-refractivity contribution in [3.05, 3.63) is 42.2 Å². The number of carboxylic acid groups (broad SMARTS) is 1. The van der Waals surface area contributed by atoms with Gasteiger partial charge in [0.25, 0.3) is 0 Å². The molecule has 7 heteroatoms. The summed E-state index contributed by atoms with van der Waals surface area (Å²) in [4.78, 5) is 20.5. The van der Waals surface area contributed by atoms with Gasteiger partial charge < -0.3 is 9.90 Å². The van der Waals surface area contributed by atoms with E-state index in [1.807, 2.05) is 30.3 Å². The zero-order valence-electron chi connectivity index (χ0n) is 10.5. The molecule has 1 heterocycles. The molecule has 19 heavy (non-hydrogen) atoms. The first-order chi connectivity index (χ1) is 8.70. The van der Waals surface area contributed by atoms with Crippen LogP contribution in [0.15, 0.2) is 51.5 Å². The SMILES string of the molecule is CSc1ncc(Sc2ccccc2)c(C(=O)[O-])n1.[Na+]. The molecule has 0 saturated heterocycles. The van der Waals surface area contributed by atoms with Gasteiger partial charge in [-0.15, -0.1) is 0 Å². The number of hydrogen-bond donors (Lipinski definition) is 0. The predicted molar refractivity (Wildman–Crippen MR) is 68.7 cm³/mol. The molecule has 0 spiro atoms. The minimum Gasteiger partial charge on any atom is -0.543 e. The number of aromatic carboxylic acids is 1. The van der Waals surface area contributed by atoms with Crippen LogP contribution in [0.3, 0.4) is 0 Å². The van der Waals surface area contributed by atoms with Gasteiger partial charge in [-0.05, 0) is 18.4 Å². The Bertz CT molecular complexity index is 567. The fraction of sp³-hybridized carbons (Fsp3) is 0.0833. The van der Waals surface area contributed by atoms with Gasteiger partial charge in [-0.1, -0.05) is 41.7 Å². The van der Waals surface area contributed by atoms with Gasteiger partial charge in [-0.2, -0.15) is 0 Å². The molecular weight excluding hydrogens is 291 g/mol. The average Bonchev–Trinajstić information content (AvgIpc) is 2.40. The van der Waals surface area contributed by atoms with E-state index in [1.165, 1.54) is 29.7 Å². The maximum Gasteiger partial charge on any atom is 1.00 e. The third-order valence-electron chi connectivity index (χ3n) is 2.08. The van der Waals surface area contributed by atoms with Crippen LogP contribution in [-0.4, -0.2) is 22.2 Å². The maximum atomic E-state index is 11.1. The first kappa shape index (κ1) is 16.5. The molecule has 0 aliphatic rings. The molecule has 0 aliphatic heterocycles. The van der Waals surface area contributed by atoms with Gasteiger partial charge in [0.1, 0.15) is 5.69 Å². The Balaban J connectivity index is 0.00000180. The Morgan fingerprint density at radius 1 is 1.26 bits per heavy atom. The van der Waals surface area contributed by atoms with Crippen LogP contribution in [0.25, 0.3) is 0 Å². The third-order valence-corrected chi connectivity index (χ3v) is 3.67. The molecule has 2 aromatic rings. The van der Waals surface area contributed by atoms with Gasteiger partial charge in [-0.3, -0.25) is 0 Å². The molecule has 0 N–H and O–H groups in total. The zero-order valence-corrected chi connectivity index (χ0v) is 14.1. The van der Waals surface area contributed by atoms with Crippen LogP contribution in [0.5, 0.6) is 0 Å². The van der Waals surface area contributed by atoms with Crippen molar-refractivity contribution < 1.29 is 39.5 Å². The van der Waals surface area contributed by atoms with Crippen LogP contribution >= 0.6 is 23.5 Å². The number of carbonyl (C=O) groups is 1. The minimum atomic E-state index is -1.29. The predicted octanol–water partition coefficient (Wildman–Crippen LogP) is -1.28. The molecule has 4 nitrogen and oxygen atoms in total. The summed E-state index contributed by atoms with van der Waals surface area (Å²) in [6, 6.07) is 9.46. The molecule has 2 rings (SSSR count). The topological polar surface area (TPSA) is 65.9 Å². The van der Waals surface area contributed by atoms with Gasteiger partial charge in [0, 0.05) is 11.1 Å². The summed E-state index contributed by atoms with van der Waals surface area (Å²) in [5.41, 5.74) is -0.0665. The van der Waals surface area contributed by atoms with E-state index in [0.29, 0.717) is 10.1 Å². The number of aromatic nitrogens is 2. The number of nitrogens with zero attached hydrogens (tertiary/aromatic N) is 2. The summed E-state index contributed by atoms with van der Waals surface area (Å²) in [7, 11) is 0. The molecule has 0 aliphatic carbocycles. The molecule has 0 radical (unpaired) electrons. The van der Waals surface area contributed by atoms with Crippen molar-refractivity contribution in [3.63, 3.8) is 0 Å². The second-order valence-corrected chi connectivity index (χ2v) is 5.16. The Kier molecular flexibility index (Phi) is 6.88. The molecule has 92 valence electrons. The number of hydrogen-bond acceptors (Lipinski definition) is 6. The number of thioether (sulfide) groups is 1. The fourth-order valence-corrected chi connectivity index (χ4v) is 2.51. The van der Waals surface area contributed by atoms with E-state index in [0.717, 1.165) is 4.90 Å². The molecule has 0 bridgehead atoms. The molecule has 0 atom stereocenters. The van der Waals surface area contributed by atoms with E-state index in [9.17, 15) is 9.90 Å². The second-order valence-electron chi connectivity index (χ2n) is 3.27. The molecule has 1 aromatic heterocycles. The summed E-state index contributed by atoms with van der Waals surface area (Å²) >= 11 is 2.60. The summed E-state index contributed by atoms with van der Waals surface area (Å²) in [5, 5.41) is 11.5. The van der Waals surface area contributed by atoms with Gasteiger partial charge in [0.05, 0.1) is 10.9 Å². The van der Waals surface area contributed by atoms with Crippen LogP contribution in [0, 0.1) is 0 Å². The number of carboxylic acids is 1. The van der Waals surface area contributed by atoms with Crippen LogP contribution in [0.4, 0.5) is 0 Å². The second kappa shape index (κ2) is 7.91. The van der Waals surface area contributed by atoms with Crippen LogP contribution < -0.4 is 34.7 Å². The first-order valence-electron chi connectivity index (χ1n) is 5.06. The van der Waals surface area contributed by atoms with E-state index in [1.54, 1.807) is 6.26 Å². The quantitative estimate of drug-likeness (QED) is 0.398. The minimum absolute atomic E-state index is 0. The van der Waals surface area contributed by atoms with Crippen molar-refractivity contribution in [3.8, 4) is 0 Å². The fourth-order valence-electron chi connectivity index (χ4n) is 1.29. The standard InChI is InChI=1S/C12H10N2O2S2.Na/c1-17-12-13-7-9(10(14-12)11(15)16)18-8-5-3-2-4-6-8;/h2-7H,1H3,(H,15,16);/q;+1/p-1. The Morgan fingerprint density at radius 3 is 2.53 bits per heavy atom. The van der Waals surface area contributed by atoms with Crippen molar-refractivity contribution in [2.45, 2.75) is 14.9 Å².